The van der Waals surface area contributed by atoms with E-state index in [0.29, 0.717) is 17.4 Å². The topological polar surface area (TPSA) is 79.9 Å². The molecule has 0 aliphatic heterocycles. The van der Waals surface area contributed by atoms with E-state index < -0.39 is 0 Å². The summed E-state index contributed by atoms with van der Waals surface area (Å²) in [6.07, 6.45) is 1.69. The van der Waals surface area contributed by atoms with E-state index in [1.165, 1.54) is 11.8 Å². The maximum absolute atomic E-state index is 12.0. The van der Waals surface area contributed by atoms with Crippen LogP contribution in [0, 0.1) is 0 Å². The summed E-state index contributed by atoms with van der Waals surface area (Å²) in [6.45, 7) is 2.55. The van der Waals surface area contributed by atoms with E-state index in [-0.39, 0.29) is 11.7 Å². The number of hydrogen-bond acceptors (Lipinski definition) is 5. The maximum Gasteiger partial charge on any atom is 0.234 e. The first kappa shape index (κ1) is 16.8. The van der Waals surface area contributed by atoms with Crippen LogP contribution in [0.5, 0.6) is 5.75 Å². The number of nitrogens with zero attached hydrogens (tertiary/aromatic N) is 2. The van der Waals surface area contributed by atoms with Crippen LogP contribution in [-0.2, 0) is 4.79 Å². The number of imidazole rings is 1. The number of pyridine rings is 1. The molecule has 0 saturated carbocycles. The minimum absolute atomic E-state index is 0.0984. The predicted molar refractivity (Wildman–Crippen MR) is 98.6 cm³/mol. The van der Waals surface area contributed by atoms with Gasteiger partial charge in [0.15, 0.2) is 10.8 Å². The van der Waals surface area contributed by atoms with Gasteiger partial charge in [0.05, 0.1) is 17.9 Å². The number of ether oxygens (including phenoxy) is 1. The van der Waals surface area contributed by atoms with Gasteiger partial charge >= 0.3 is 0 Å². The van der Waals surface area contributed by atoms with Gasteiger partial charge in [-0.15, -0.1) is 0 Å². The Balaban J connectivity index is 1.56. The lowest BCUT2D eigenvalue weighted by Gasteiger charge is -2.06. The van der Waals surface area contributed by atoms with Crippen molar-refractivity contribution in [3.8, 4) is 5.75 Å². The molecule has 2 N–H and O–H groups in total. The second kappa shape index (κ2) is 7.67. The Kier molecular flexibility index (Phi) is 5.37. The lowest BCUT2D eigenvalue weighted by molar-refractivity contribution is -0.113. The van der Waals surface area contributed by atoms with E-state index in [1.54, 1.807) is 6.20 Å². The van der Waals surface area contributed by atoms with Crippen LogP contribution in [0.15, 0.2) is 46.2 Å². The first-order valence-corrected chi connectivity index (χ1v) is 9.08. The number of carbonyl (C=O) groups excluding carboxylic acids is 1. The smallest absolute Gasteiger partial charge is 0.234 e. The summed E-state index contributed by atoms with van der Waals surface area (Å²) in [5.41, 5.74) is 2.20. The molecule has 1 amide bonds. The molecule has 1 aromatic carbocycles. The highest BCUT2D eigenvalue weighted by atomic mass is 79.9. The zero-order valence-electron chi connectivity index (χ0n) is 12.9. The molecule has 0 bridgehead atoms. The molecule has 0 fully saturated rings. The van der Waals surface area contributed by atoms with E-state index in [9.17, 15) is 4.79 Å². The minimum Gasteiger partial charge on any atom is -0.494 e. The first-order chi connectivity index (χ1) is 11.6. The summed E-state index contributed by atoms with van der Waals surface area (Å²) in [5.74, 6) is 0.943. The van der Waals surface area contributed by atoms with Crippen molar-refractivity contribution in [3.05, 3.63) is 41.0 Å². The second-order valence-electron chi connectivity index (χ2n) is 4.86. The predicted octanol–water partition coefficient (Wildman–Crippen LogP) is 3.85. The van der Waals surface area contributed by atoms with Crippen LogP contribution in [0.3, 0.4) is 0 Å². The van der Waals surface area contributed by atoms with Crippen molar-refractivity contribution in [1.29, 1.82) is 0 Å². The van der Waals surface area contributed by atoms with E-state index in [0.717, 1.165) is 21.4 Å². The van der Waals surface area contributed by atoms with Gasteiger partial charge in [0.2, 0.25) is 5.91 Å². The summed E-state index contributed by atoms with van der Waals surface area (Å²) < 4.78 is 6.25. The average molecular weight is 407 g/mol. The third-order valence-corrected chi connectivity index (χ3v) is 4.38. The largest absolute Gasteiger partial charge is 0.494 e. The molecule has 0 saturated heterocycles. The van der Waals surface area contributed by atoms with Crippen LogP contribution in [0.4, 0.5) is 5.69 Å². The Morgan fingerprint density at radius 3 is 2.92 bits per heavy atom. The Morgan fingerprint density at radius 2 is 2.17 bits per heavy atom. The highest BCUT2D eigenvalue weighted by Crippen LogP contribution is 2.21. The van der Waals surface area contributed by atoms with Crippen molar-refractivity contribution >= 4 is 50.5 Å². The third kappa shape index (κ3) is 4.27. The van der Waals surface area contributed by atoms with Crippen molar-refractivity contribution in [3.63, 3.8) is 0 Å². The van der Waals surface area contributed by atoms with Crippen LogP contribution in [-0.4, -0.2) is 33.2 Å². The fourth-order valence-electron chi connectivity index (χ4n) is 2.05. The van der Waals surface area contributed by atoms with Crippen LogP contribution >= 0.6 is 27.7 Å². The van der Waals surface area contributed by atoms with Gasteiger partial charge in [0, 0.05) is 16.4 Å². The second-order valence-corrected chi connectivity index (χ2v) is 6.74. The number of benzene rings is 1. The Labute approximate surface area is 151 Å². The van der Waals surface area contributed by atoms with Crippen molar-refractivity contribution in [2.75, 3.05) is 17.7 Å². The summed E-state index contributed by atoms with van der Waals surface area (Å²) >= 11 is 4.70. The molecule has 6 nitrogen and oxygen atoms in total. The molecule has 2 aromatic heterocycles. The molecule has 3 rings (SSSR count). The van der Waals surface area contributed by atoms with Gasteiger partial charge < -0.3 is 15.0 Å². The molecule has 24 heavy (non-hydrogen) atoms. The first-order valence-electron chi connectivity index (χ1n) is 7.31. The van der Waals surface area contributed by atoms with Crippen LogP contribution in [0.25, 0.3) is 11.2 Å². The molecule has 3 aromatic rings. The number of halogens is 1. The summed E-state index contributed by atoms with van der Waals surface area (Å²) in [4.78, 5) is 23.7. The van der Waals surface area contributed by atoms with E-state index in [4.69, 9.17) is 4.74 Å². The Bertz CT molecular complexity index is 851. The SMILES string of the molecule is CCOc1ccc(NC(=O)CSc2nc3ncc(Br)cc3[nH]2)cc1. The monoisotopic (exact) mass is 406 g/mol. The zero-order chi connectivity index (χ0) is 16.9. The number of carbonyl (C=O) groups is 1. The lowest BCUT2D eigenvalue weighted by Crippen LogP contribution is -2.14. The number of thioether (sulfide) groups is 1. The van der Waals surface area contributed by atoms with Gasteiger partial charge in [0.25, 0.3) is 0 Å². The molecule has 0 radical (unpaired) electrons. The van der Waals surface area contributed by atoms with Crippen molar-refractivity contribution in [1.82, 2.24) is 15.0 Å². The number of hydrogen-bond donors (Lipinski definition) is 2. The van der Waals surface area contributed by atoms with Gasteiger partial charge in [-0.05, 0) is 53.2 Å². The Morgan fingerprint density at radius 1 is 1.38 bits per heavy atom. The fourth-order valence-corrected chi connectivity index (χ4v) is 3.06. The summed E-state index contributed by atoms with van der Waals surface area (Å²) in [7, 11) is 0. The highest BCUT2D eigenvalue weighted by molar-refractivity contribution is 9.10. The molecule has 0 spiro atoms. The number of rotatable bonds is 6. The quantitative estimate of drug-likeness (QED) is 0.607. The normalized spacial score (nSPS) is 10.8. The van der Waals surface area contributed by atoms with E-state index >= 15 is 0 Å². The number of aromatic nitrogens is 3. The standard InChI is InChI=1S/C16H15BrN4O2S/c1-2-23-12-5-3-11(4-6-12)19-14(22)9-24-16-20-13-7-10(17)8-18-15(13)21-16/h3-8H,2,9H2,1H3,(H,19,22)(H,18,20,21). The molecule has 8 heteroatoms. The molecule has 2 heterocycles. The maximum atomic E-state index is 12.0. The van der Waals surface area contributed by atoms with Crippen LogP contribution in [0.1, 0.15) is 6.92 Å². The van der Waals surface area contributed by atoms with Crippen molar-refractivity contribution < 1.29 is 9.53 Å². The van der Waals surface area contributed by atoms with Crippen LogP contribution in [0.2, 0.25) is 0 Å². The van der Waals surface area contributed by atoms with Gasteiger partial charge in [0.1, 0.15) is 5.75 Å². The molecule has 0 aliphatic rings. The molecule has 0 atom stereocenters. The fraction of sp³-hybridized carbons (Fsp3) is 0.188. The van der Waals surface area contributed by atoms with Crippen molar-refractivity contribution in [2.45, 2.75) is 12.1 Å². The van der Waals surface area contributed by atoms with Crippen molar-refractivity contribution in [2.24, 2.45) is 0 Å². The molecule has 0 aliphatic carbocycles. The van der Waals surface area contributed by atoms with E-state index in [1.807, 2.05) is 37.3 Å². The third-order valence-electron chi connectivity index (χ3n) is 3.07. The number of nitrogens with one attached hydrogen (secondary N) is 2. The summed E-state index contributed by atoms with van der Waals surface area (Å²) in [5, 5.41) is 3.51. The minimum atomic E-state index is -0.0984. The Hall–Kier alpha value is -2.06. The average Bonchev–Trinajstić information content (AvgIpc) is 2.97. The molecule has 124 valence electrons. The van der Waals surface area contributed by atoms with Gasteiger partial charge in [-0.25, -0.2) is 9.97 Å². The number of amides is 1. The number of anilines is 1. The lowest BCUT2D eigenvalue weighted by atomic mass is 10.3. The number of H-pyrrole nitrogens is 1. The van der Waals surface area contributed by atoms with Gasteiger partial charge in [-0.3, -0.25) is 4.79 Å². The van der Waals surface area contributed by atoms with Crippen LogP contribution < -0.4 is 10.1 Å². The molecule has 0 unspecified atom stereocenters. The molecular weight excluding hydrogens is 392 g/mol. The number of fused-ring (bicyclic) bond motifs is 1. The highest BCUT2D eigenvalue weighted by Gasteiger charge is 2.08. The molecular formula is C16H15BrN4O2S. The van der Waals surface area contributed by atoms with Gasteiger partial charge in [-0.2, -0.15) is 0 Å². The summed E-state index contributed by atoms with van der Waals surface area (Å²) in [6, 6.07) is 9.19. The van der Waals surface area contributed by atoms with E-state index in [2.05, 4.69) is 36.2 Å². The number of aromatic amines is 1. The zero-order valence-corrected chi connectivity index (χ0v) is 15.3. The van der Waals surface area contributed by atoms with Gasteiger partial charge in [-0.1, -0.05) is 11.8 Å².